The van der Waals surface area contributed by atoms with Crippen LogP contribution < -0.4 is 0 Å². The lowest BCUT2D eigenvalue weighted by Gasteiger charge is -2.35. The van der Waals surface area contributed by atoms with Crippen molar-refractivity contribution in [1.29, 1.82) is 0 Å². The van der Waals surface area contributed by atoms with Gasteiger partial charge in [0.1, 0.15) is 0 Å². The molecule has 0 bridgehead atoms. The Kier molecular flexibility index (Phi) is 10.7. The maximum Gasteiger partial charge on any atom is -0.00260 e. The molecule has 5 aromatic carbocycles. The smallest absolute Gasteiger partial charge is 0.00260 e. The van der Waals surface area contributed by atoms with Crippen LogP contribution in [0.25, 0.3) is 43.1 Å². The minimum absolute atomic E-state index is 0.196. The van der Waals surface area contributed by atoms with Crippen molar-refractivity contribution in [2.24, 2.45) is 0 Å². The highest BCUT2D eigenvalue weighted by Gasteiger charge is 2.33. The molecule has 48 heavy (non-hydrogen) atoms. The summed E-state index contributed by atoms with van der Waals surface area (Å²) in [5.41, 5.74) is 6.97. The van der Waals surface area contributed by atoms with Crippen LogP contribution in [0.2, 0.25) is 0 Å². The summed E-state index contributed by atoms with van der Waals surface area (Å²) in [6.07, 6.45) is 14.1. The second kappa shape index (κ2) is 14.0. The van der Waals surface area contributed by atoms with Crippen LogP contribution in [0.1, 0.15) is 182 Å². The largest absolute Gasteiger partial charge is 0.0645 e. The van der Waals surface area contributed by atoms with Gasteiger partial charge in [0.15, 0.2) is 0 Å². The number of benzene rings is 5. The van der Waals surface area contributed by atoms with E-state index >= 15 is 0 Å². The maximum atomic E-state index is 2.66. The normalized spacial score (nSPS) is 13.6. The standard InChI is InChI=1S/C48H68/c1-13-45(14-2,15-3)35-25-33-26-36(46(16-4,17-5)18-6)31-41-42-32-38(48(22-10,23-11)24-12)28-34-27-37(47(19-7,20-8)21-9)30-40(44(34)42)39(29-35)43(33)41/h25-32H,13-24H2,1-12H3. The molecule has 0 aliphatic heterocycles. The molecule has 0 spiro atoms. The Hall–Kier alpha value is -2.60. The molecule has 260 valence electrons. The van der Waals surface area contributed by atoms with Gasteiger partial charge in [-0.3, -0.25) is 0 Å². The van der Waals surface area contributed by atoms with Gasteiger partial charge < -0.3 is 0 Å². The van der Waals surface area contributed by atoms with Crippen molar-refractivity contribution in [3.63, 3.8) is 0 Å². The van der Waals surface area contributed by atoms with Crippen LogP contribution in [-0.2, 0) is 21.7 Å². The fourth-order valence-corrected chi connectivity index (χ4v) is 10.6. The van der Waals surface area contributed by atoms with Crippen molar-refractivity contribution in [3.8, 4) is 0 Å². The van der Waals surface area contributed by atoms with E-state index in [0.29, 0.717) is 0 Å². The van der Waals surface area contributed by atoms with E-state index in [9.17, 15) is 0 Å². The minimum atomic E-state index is 0.196. The van der Waals surface area contributed by atoms with Crippen LogP contribution >= 0.6 is 0 Å². The zero-order valence-corrected chi connectivity index (χ0v) is 33.1. The molecular formula is C48H68. The van der Waals surface area contributed by atoms with E-state index < -0.39 is 0 Å². The molecule has 5 rings (SSSR count). The topological polar surface area (TPSA) is 0 Å². The lowest BCUT2D eigenvalue weighted by Crippen LogP contribution is -2.25. The van der Waals surface area contributed by atoms with Gasteiger partial charge >= 0.3 is 0 Å². The van der Waals surface area contributed by atoms with Crippen LogP contribution in [0.3, 0.4) is 0 Å². The average molecular weight is 645 g/mol. The number of rotatable bonds is 16. The fraction of sp³-hybridized carbons (Fsp3) is 0.583. The lowest BCUT2D eigenvalue weighted by molar-refractivity contribution is 0.381. The molecule has 0 atom stereocenters. The summed E-state index contributed by atoms with van der Waals surface area (Å²) < 4.78 is 0. The summed E-state index contributed by atoms with van der Waals surface area (Å²) >= 11 is 0. The Morgan fingerprint density at radius 3 is 0.583 bits per heavy atom. The zero-order chi connectivity index (χ0) is 35.1. The molecule has 0 aromatic heterocycles. The zero-order valence-electron chi connectivity index (χ0n) is 33.1. The lowest BCUT2D eigenvalue weighted by atomic mass is 9.69. The predicted octanol–water partition coefficient (Wildman–Crippen LogP) is 15.6. The van der Waals surface area contributed by atoms with E-state index in [1.807, 2.05) is 0 Å². The van der Waals surface area contributed by atoms with Gasteiger partial charge in [0.25, 0.3) is 0 Å². The summed E-state index contributed by atoms with van der Waals surface area (Å²) in [7, 11) is 0. The van der Waals surface area contributed by atoms with Crippen LogP contribution in [0, 0.1) is 0 Å². The molecule has 0 amide bonds. The first kappa shape index (κ1) is 36.7. The summed E-state index contributed by atoms with van der Waals surface area (Å²) in [6.45, 7) is 29.0. The molecule has 0 N–H and O–H groups in total. The van der Waals surface area contributed by atoms with Crippen molar-refractivity contribution in [1.82, 2.24) is 0 Å². The third-order valence-electron chi connectivity index (χ3n) is 15.2. The summed E-state index contributed by atoms with van der Waals surface area (Å²) in [6, 6.07) is 21.2. The molecule has 0 heterocycles. The molecule has 0 aliphatic rings. The van der Waals surface area contributed by atoms with Gasteiger partial charge in [-0.25, -0.2) is 0 Å². The first-order chi connectivity index (χ1) is 23.1. The van der Waals surface area contributed by atoms with Crippen LogP contribution in [0.15, 0.2) is 48.5 Å². The molecule has 0 aliphatic carbocycles. The van der Waals surface area contributed by atoms with Crippen molar-refractivity contribution >= 4 is 43.1 Å². The molecule has 0 fully saturated rings. The molecule has 0 heteroatoms. The first-order valence-corrected chi connectivity index (χ1v) is 20.3. The van der Waals surface area contributed by atoms with Crippen molar-refractivity contribution in [3.05, 3.63) is 70.8 Å². The van der Waals surface area contributed by atoms with Gasteiger partial charge in [0.2, 0.25) is 0 Å². The second-order valence-electron chi connectivity index (χ2n) is 15.7. The van der Waals surface area contributed by atoms with Gasteiger partial charge in [-0.2, -0.15) is 0 Å². The van der Waals surface area contributed by atoms with Gasteiger partial charge in [-0.1, -0.05) is 107 Å². The van der Waals surface area contributed by atoms with E-state index in [1.165, 1.54) is 120 Å². The molecule has 0 radical (unpaired) electrons. The number of hydrogen-bond acceptors (Lipinski definition) is 0. The second-order valence-corrected chi connectivity index (χ2v) is 15.7. The monoisotopic (exact) mass is 645 g/mol. The van der Waals surface area contributed by atoms with E-state index in [4.69, 9.17) is 0 Å². The van der Waals surface area contributed by atoms with Crippen LogP contribution in [0.5, 0.6) is 0 Å². The molecular weight excluding hydrogens is 577 g/mol. The molecule has 0 saturated carbocycles. The SMILES string of the molecule is CCC(CC)(CC)c1cc2cc(C(CC)(CC)CC)cc3c4cc(C(CC)(CC)CC)cc5cc(C(CC)(CC)CC)cc(c(c1)c23)c54. The highest BCUT2D eigenvalue weighted by Crippen LogP contribution is 2.50. The first-order valence-electron chi connectivity index (χ1n) is 20.3. The van der Waals surface area contributed by atoms with Crippen molar-refractivity contribution in [2.75, 3.05) is 0 Å². The van der Waals surface area contributed by atoms with E-state index in [-0.39, 0.29) is 21.7 Å². The Bertz CT molecular complexity index is 1550. The van der Waals surface area contributed by atoms with Crippen molar-refractivity contribution in [2.45, 2.75) is 182 Å². The summed E-state index contributed by atoms with van der Waals surface area (Å²) in [5, 5.41) is 11.8. The molecule has 0 unspecified atom stereocenters. The van der Waals surface area contributed by atoms with Gasteiger partial charge in [-0.05, 0) is 188 Å². The van der Waals surface area contributed by atoms with E-state index in [0.717, 1.165) is 0 Å². The van der Waals surface area contributed by atoms with Crippen molar-refractivity contribution < 1.29 is 0 Å². The van der Waals surface area contributed by atoms with Crippen LogP contribution in [-0.4, -0.2) is 0 Å². The van der Waals surface area contributed by atoms with Gasteiger partial charge in [-0.15, -0.1) is 0 Å². The quantitative estimate of drug-likeness (QED) is 0.0740. The predicted molar refractivity (Wildman–Crippen MR) is 218 cm³/mol. The highest BCUT2D eigenvalue weighted by atomic mass is 14.4. The Morgan fingerprint density at radius 2 is 0.438 bits per heavy atom. The van der Waals surface area contributed by atoms with E-state index in [2.05, 4.69) is 132 Å². The third-order valence-corrected chi connectivity index (χ3v) is 15.2. The maximum absolute atomic E-state index is 2.66. The molecule has 0 nitrogen and oxygen atoms in total. The number of fused-ring (bicyclic) bond motifs is 2. The Labute approximate surface area is 294 Å². The molecule has 0 saturated heterocycles. The molecule has 5 aromatic rings. The highest BCUT2D eigenvalue weighted by molar-refractivity contribution is 6.33. The summed E-state index contributed by atoms with van der Waals surface area (Å²) in [5.74, 6) is 0. The number of hydrogen-bond donors (Lipinski definition) is 0. The Morgan fingerprint density at radius 1 is 0.271 bits per heavy atom. The van der Waals surface area contributed by atoms with Gasteiger partial charge in [0.05, 0.1) is 0 Å². The summed E-state index contributed by atoms with van der Waals surface area (Å²) in [4.78, 5) is 0. The minimum Gasteiger partial charge on any atom is -0.0645 e. The average Bonchev–Trinajstić information content (AvgIpc) is 3.14. The van der Waals surface area contributed by atoms with Gasteiger partial charge in [0, 0.05) is 0 Å². The third kappa shape index (κ3) is 5.29. The van der Waals surface area contributed by atoms with E-state index in [1.54, 1.807) is 22.3 Å². The van der Waals surface area contributed by atoms with Crippen LogP contribution in [0.4, 0.5) is 0 Å². The fourth-order valence-electron chi connectivity index (χ4n) is 10.6. The Balaban J connectivity index is 2.14.